The van der Waals surface area contributed by atoms with Gasteiger partial charge in [0.25, 0.3) is 0 Å². The molecule has 1 aromatic heterocycles. The smallest absolute Gasteiger partial charge is 0.191 e. The Balaban J connectivity index is 1.52. The summed E-state index contributed by atoms with van der Waals surface area (Å²) in [5.41, 5.74) is 7.22. The van der Waals surface area contributed by atoms with E-state index in [9.17, 15) is 4.39 Å². The molecule has 2 N–H and O–H groups in total. The standard InChI is InChI=1S/C18H23FN4S/c1-14(17-3-2-12-24-17)13-21-18(20)23-10-8-22(9-11-23)16-6-4-15(19)5-7-16/h2-7,12,14H,8-11,13H2,1H3,(H2,20,21). The van der Waals surface area contributed by atoms with Crippen molar-refractivity contribution in [2.45, 2.75) is 12.8 Å². The molecule has 1 saturated heterocycles. The van der Waals surface area contributed by atoms with Crippen LogP contribution in [0.4, 0.5) is 10.1 Å². The van der Waals surface area contributed by atoms with Crippen molar-refractivity contribution in [3.05, 3.63) is 52.5 Å². The van der Waals surface area contributed by atoms with E-state index in [2.05, 4.69) is 39.2 Å². The van der Waals surface area contributed by atoms with Gasteiger partial charge >= 0.3 is 0 Å². The van der Waals surface area contributed by atoms with Crippen LogP contribution < -0.4 is 10.6 Å². The van der Waals surface area contributed by atoms with E-state index in [1.165, 1.54) is 17.0 Å². The largest absolute Gasteiger partial charge is 0.370 e. The van der Waals surface area contributed by atoms with Crippen LogP contribution in [0.2, 0.25) is 0 Å². The zero-order valence-corrected chi connectivity index (χ0v) is 14.7. The van der Waals surface area contributed by atoms with Crippen LogP contribution >= 0.6 is 11.3 Å². The van der Waals surface area contributed by atoms with Gasteiger partial charge in [-0.1, -0.05) is 13.0 Å². The number of nitrogens with two attached hydrogens (primary N) is 1. The number of aliphatic imine (C=N–C) groups is 1. The molecule has 6 heteroatoms. The number of thiophene rings is 1. The summed E-state index contributed by atoms with van der Waals surface area (Å²) < 4.78 is 13.0. The molecule has 2 aromatic rings. The van der Waals surface area contributed by atoms with Crippen molar-refractivity contribution in [2.24, 2.45) is 10.7 Å². The highest BCUT2D eigenvalue weighted by molar-refractivity contribution is 7.10. The second-order valence-corrected chi connectivity index (χ2v) is 7.05. The minimum absolute atomic E-state index is 0.200. The summed E-state index contributed by atoms with van der Waals surface area (Å²) in [6.45, 7) is 6.28. The van der Waals surface area contributed by atoms with E-state index in [1.807, 2.05) is 12.1 Å². The Morgan fingerprint density at radius 1 is 1.21 bits per heavy atom. The van der Waals surface area contributed by atoms with Crippen LogP contribution in [0, 0.1) is 5.82 Å². The van der Waals surface area contributed by atoms with Gasteiger partial charge in [-0.15, -0.1) is 11.3 Å². The van der Waals surface area contributed by atoms with Gasteiger partial charge in [0.2, 0.25) is 0 Å². The highest BCUT2D eigenvalue weighted by atomic mass is 32.1. The van der Waals surface area contributed by atoms with Crippen molar-refractivity contribution in [3.8, 4) is 0 Å². The predicted molar refractivity (Wildman–Crippen MR) is 99.4 cm³/mol. The fraction of sp³-hybridized carbons (Fsp3) is 0.389. The van der Waals surface area contributed by atoms with Crippen molar-refractivity contribution >= 4 is 23.0 Å². The number of hydrogen-bond acceptors (Lipinski definition) is 3. The van der Waals surface area contributed by atoms with Gasteiger partial charge in [-0.3, -0.25) is 4.99 Å². The highest BCUT2D eigenvalue weighted by Crippen LogP contribution is 2.21. The van der Waals surface area contributed by atoms with E-state index >= 15 is 0 Å². The van der Waals surface area contributed by atoms with Crippen LogP contribution in [0.5, 0.6) is 0 Å². The van der Waals surface area contributed by atoms with Crippen molar-refractivity contribution in [1.82, 2.24) is 4.90 Å². The number of hydrogen-bond donors (Lipinski definition) is 1. The molecule has 1 aromatic carbocycles. The van der Waals surface area contributed by atoms with Gasteiger partial charge in [0.1, 0.15) is 5.82 Å². The first-order valence-electron chi connectivity index (χ1n) is 8.22. The Kier molecular flexibility index (Phi) is 5.35. The Morgan fingerprint density at radius 2 is 1.92 bits per heavy atom. The minimum atomic E-state index is -0.200. The third-order valence-electron chi connectivity index (χ3n) is 4.35. The molecule has 1 fully saturated rings. The molecular weight excluding hydrogens is 323 g/mol. The maximum atomic E-state index is 13.0. The number of piperazine rings is 1. The summed E-state index contributed by atoms with van der Waals surface area (Å²) >= 11 is 1.76. The van der Waals surface area contributed by atoms with Gasteiger partial charge in [0.15, 0.2) is 5.96 Å². The van der Waals surface area contributed by atoms with Gasteiger partial charge in [-0.05, 0) is 35.7 Å². The molecule has 1 aliphatic heterocycles. The molecule has 0 amide bonds. The summed E-state index contributed by atoms with van der Waals surface area (Å²) in [6, 6.07) is 10.9. The molecule has 0 bridgehead atoms. The molecule has 0 aliphatic carbocycles. The second-order valence-electron chi connectivity index (χ2n) is 6.07. The highest BCUT2D eigenvalue weighted by Gasteiger charge is 2.18. The molecule has 1 atom stereocenters. The predicted octanol–water partition coefficient (Wildman–Crippen LogP) is 3.13. The quantitative estimate of drug-likeness (QED) is 0.683. The van der Waals surface area contributed by atoms with E-state index < -0.39 is 0 Å². The van der Waals surface area contributed by atoms with E-state index in [-0.39, 0.29) is 5.82 Å². The molecule has 3 rings (SSSR count). The summed E-state index contributed by atoms with van der Waals surface area (Å²) in [5, 5.41) is 2.09. The lowest BCUT2D eigenvalue weighted by molar-refractivity contribution is 0.380. The fourth-order valence-corrected chi connectivity index (χ4v) is 3.62. The van der Waals surface area contributed by atoms with Crippen LogP contribution in [-0.4, -0.2) is 43.6 Å². The molecule has 0 radical (unpaired) electrons. The van der Waals surface area contributed by atoms with Crippen LogP contribution in [0.3, 0.4) is 0 Å². The zero-order chi connectivity index (χ0) is 16.9. The number of halogens is 1. The maximum absolute atomic E-state index is 13.0. The number of anilines is 1. The molecule has 0 saturated carbocycles. The van der Waals surface area contributed by atoms with Crippen LogP contribution in [-0.2, 0) is 0 Å². The first-order valence-corrected chi connectivity index (χ1v) is 9.10. The SMILES string of the molecule is CC(CN=C(N)N1CCN(c2ccc(F)cc2)CC1)c1cccs1. The minimum Gasteiger partial charge on any atom is -0.370 e. The second kappa shape index (κ2) is 7.66. The Labute approximate surface area is 146 Å². The van der Waals surface area contributed by atoms with Crippen molar-refractivity contribution in [2.75, 3.05) is 37.6 Å². The third kappa shape index (κ3) is 4.06. The third-order valence-corrected chi connectivity index (χ3v) is 5.46. The van der Waals surface area contributed by atoms with Crippen molar-refractivity contribution in [1.29, 1.82) is 0 Å². The average molecular weight is 346 g/mol. The number of nitrogens with zero attached hydrogens (tertiary/aromatic N) is 3. The van der Waals surface area contributed by atoms with Gasteiger partial charge in [0, 0.05) is 42.7 Å². The van der Waals surface area contributed by atoms with Crippen molar-refractivity contribution < 1.29 is 4.39 Å². The Morgan fingerprint density at radius 3 is 2.54 bits per heavy atom. The van der Waals surface area contributed by atoms with E-state index in [4.69, 9.17) is 5.73 Å². The molecule has 1 unspecified atom stereocenters. The van der Waals surface area contributed by atoms with Gasteiger partial charge in [-0.2, -0.15) is 0 Å². The summed E-state index contributed by atoms with van der Waals surface area (Å²) in [6.07, 6.45) is 0. The summed E-state index contributed by atoms with van der Waals surface area (Å²) in [4.78, 5) is 10.3. The first-order chi connectivity index (χ1) is 11.6. The lowest BCUT2D eigenvalue weighted by atomic mass is 10.1. The molecule has 128 valence electrons. The number of rotatable bonds is 4. The van der Waals surface area contributed by atoms with Crippen LogP contribution in [0.25, 0.3) is 0 Å². The molecule has 4 nitrogen and oxygen atoms in total. The van der Waals surface area contributed by atoms with E-state index in [0.717, 1.165) is 31.9 Å². The van der Waals surface area contributed by atoms with Crippen LogP contribution in [0.1, 0.15) is 17.7 Å². The van der Waals surface area contributed by atoms with Crippen LogP contribution in [0.15, 0.2) is 46.8 Å². The average Bonchev–Trinajstić information content (AvgIpc) is 3.15. The van der Waals surface area contributed by atoms with Gasteiger partial charge < -0.3 is 15.5 Å². The molecule has 1 aliphatic rings. The molecule has 2 heterocycles. The Hall–Kier alpha value is -2.08. The first kappa shape index (κ1) is 16.8. The van der Waals surface area contributed by atoms with Crippen molar-refractivity contribution in [3.63, 3.8) is 0 Å². The van der Waals surface area contributed by atoms with Gasteiger partial charge in [0.05, 0.1) is 6.54 Å². The molecule has 0 spiro atoms. The number of benzene rings is 1. The lowest BCUT2D eigenvalue weighted by Gasteiger charge is -2.36. The number of guanidine groups is 1. The lowest BCUT2D eigenvalue weighted by Crippen LogP contribution is -2.51. The summed E-state index contributed by atoms with van der Waals surface area (Å²) in [7, 11) is 0. The molecule has 24 heavy (non-hydrogen) atoms. The fourth-order valence-electron chi connectivity index (χ4n) is 2.84. The Bertz CT molecular complexity index is 661. The van der Waals surface area contributed by atoms with E-state index in [0.29, 0.717) is 18.4 Å². The summed E-state index contributed by atoms with van der Waals surface area (Å²) in [5.74, 6) is 0.815. The van der Waals surface area contributed by atoms with E-state index in [1.54, 1.807) is 11.3 Å². The monoisotopic (exact) mass is 346 g/mol. The maximum Gasteiger partial charge on any atom is 0.191 e. The zero-order valence-electron chi connectivity index (χ0n) is 13.9. The topological polar surface area (TPSA) is 44.9 Å². The van der Waals surface area contributed by atoms with Gasteiger partial charge in [-0.25, -0.2) is 4.39 Å². The molecular formula is C18H23FN4S. The normalized spacial score (nSPS) is 17.2.